The highest BCUT2D eigenvalue weighted by Gasteiger charge is 2.15. The lowest BCUT2D eigenvalue weighted by Gasteiger charge is -2.09. The van der Waals surface area contributed by atoms with Gasteiger partial charge in [0.2, 0.25) is 0 Å². The molecule has 1 aromatic heterocycles. The van der Waals surface area contributed by atoms with Gasteiger partial charge in [-0.05, 0) is 32.0 Å². The first-order valence-corrected chi connectivity index (χ1v) is 5.82. The van der Waals surface area contributed by atoms with E-state index in [1.165, 1.54) is 0 Å². The van der Waals surface area contributed by atoms with E-state index in [0.717, 1.165) is 22.6 Å². The molecule has 2 aromatic rings. The second-order valence-corrected chi connectivity index (χ2v) is 4.18. The van der Waals surface area contributed by atoms with Gasteiger partial charge < -0.3 is 10.5 Å². The molecule has 1 heterocycles. The molecule has 5 heteroatoms. The van der Waals surface area contributed by atoms with Gasteiger partial charge in [0.15, 0.2) is 0 Å². The Hall–Kier alpha value is -2.01. The summed E-state index contributed by atoms with van der Waals surface area (Å²) in [5, 5.41) is 5.50. The van der Waals surface area contributed by atoms with Crippen molar-refractivity contribution in [2.24, 2.45) is 5.73 Å². The highest BCUT2D eigenvalue weighted by Crippen LogP contribution is 2.30. The zero-order valence-corrected chi connectivity index (χ0v) is 10.5. The number of H-pyrrole nitrogens is 2. The standard InChI is InChI=1S/C13H17N3O2/c1-8-3-4-11(18-2)10(7-8)12-9(5-6-14)13(17)16-15-12/h3-4,7H,5-6,14H2,1-2H3,(H2,15,16,17). The minimum Gasteiger partial charge on any atom is -0.496 e. The summed E-state index contributed by atoms with van der Waals surface area (Å²) < 4.78 is 5.33. The van der Waals surface area contributed by atoms with Crippen LogP contribution >= 0.6 is 0 Å². The van der Waals surface area contributed by atoms with Crippen LogP contribution in [0.2, 0.25) is 0 Å². The number of ether oxygens (including phenoxy) is 1. The number of hydrogen-bond donors (Lipinski definition) is 3. The maximum absolute atomic E-state index is 11.7. The lowest BCUT2D eigenvalue weighted by molar-refractivity contribution is 0.416. The molecule has 18 heavy (non-hydrogen) atoms. The van der Waals surface area contributed by atoms with Crippen LogP contribution in [0.1, 0.15) is 11.1 Å². The Balaban J connectivity index is 2.61. The highest BCUT2D eigenvalue weighted by atomic mass is 16.5. The normalized spacial score (nSPS) is 10.6. The summed E-state index contributed by atoms with van der Waals surface area (Å²) in [6, 6.07) is 5.84. The summed E-state index contributed by atoms with van der Waals surface area (Å²) in [6.07, 6.45) is 0.533. The van der Waals surface area contributed by atoms with Crippen LogP contribution < -0.4 is 16.0 Å². The van der Waals surface area contributed by atoms with Crippen LogP contribution in [-0.4, -0.2) is 23.9 Å². The van der Waals surface area contributed by atoms with Crippen molar-refractivity contribution in [3.05, 3.63) is 39.7 Å². The van der Waals surface area contributed by atoms with Crippen molar-refractivity contribution < 1.29 is 4.74 Å². The third-order valence-corrected chi connectivity index (χ3v) is 2.90. The molecule has 5 nitrogen and oxygen atoms in total. The molecule has 96 valence electrons. The first-order valence-electron chi connectivity index (χ1n) is 5.82. The van der Waals surface area contributed by atoms with E-state index in [4.69, 9.17) is 10.5 Å². The molecule has 0 saturated heterocycles. The fourth-order valence-corrected chi connectivity index (χ4v) is 2.01. The van der Waals surface area contributed by atoms with Crippen molar-refractivity contribution >= 4 is 0 Å². The number of aromatic nitrogens is 2. The van der Waals surface area contributed by atoms with E-state index in [1.807, 2.05) is 25.1 Å². The van der Waals surface area contributed by atoms with E-state index in [2.05, 4.69) is 10.2 Å². The van der Waals surface area contributed by atoms with Gasteiger partial charge in [-0.3, -0.25) is 15.0 Å². The van der Waals surface area contributed by atoms with E-state index in [1.54, 1.807) is 7.11 Å². The van der Waals surface area contributed by atoms with Gasteiger partial charge in [-0.15, -0.1) is 0 Å². The first kappa shape index (κ1) is 12.4. The Morgan fingerprint density at radius 2 is 2.11 bits per heavy atom. The monoisotopic (exact) mass is 247 g/mol. The average Bonchev–Trinajstić information content (AvgIpc) is 2.72. The average molecular weight is 247 g/mol. The van der Waals surface area contributed by atoms with Crippen LogP contribution in [0.3, 0.4) is 0 Å². The maximum atomic E-state index is 11.7. The van der Waals surface area contributed by atoms with Crippen LogP contribution in [0.4, 0.5) is 0 Å². The molecule has 0 aliphatic rings. The van der Waals surface area contributed by atoms with Crippen molar-refractivity contribution in [2.45, 2.75) is 13.3 Å². The van der Waals surface area contributed by atoms with Crippen LogP contribution in [0.15, 0.2) is 23.0 Å². The van der Waals surface area contributed by atoms with Crippen molar-refractivity contribution in [1.29, 1.82) is 0 Å². The Bertz CT molecular complexity index is 599. The number of rotatable bonds is 4. The number of nitrogens with two attached hydrogens (primary N) is 1. The number of aromatic amines is 2. The van der Waals surface area contributed by atoms with Gasteiger partial charge in [-0.25, -0.2) is 0 Å². The van der Waals surface area contributed by atoms with Crippen molar-refractivity contribution in [3.63, 3.8) is 0 Å². The van der Waals surface area contributed by atoms with E-state index >= 15 is 0 Å². The summed E-state index contributed by atoms with van der Waals surface area (Å²) in [7, 11) is 1.61. The van der Waals surface area contributed by atoms with Gasteiger partial charge in [0.1, 0.15) is 5.75 Å². The molecule has 0 unspecified atom stereocenters. The quantitative estimate of drug-likeness (QED) is 0.758. The Morgan fingerprint density at radius 3 is 2.78 bits per heavy atom. The van der Waals surface area contributed by atoms with Gasteiger partial charge in [0, 0.05) is 11.1 Å². The topological polar surface area (TPSA) is 83.9 Å². The zero-order valence-electron chi connectivity index (χ0n) is 10.5. The smallest absolute Gasteiger partial charge is 0.267 e. The van der Waals surface area contributed by atoms with Crippen molar-refractivity contribution in [1.82, 2.24) is 10.2 Å². The maximum Gasteiger partial charge on any atom is 0.267 e. The molecule has 0 aliphatic heterocycles. The van der Waals surface area contributed by atoms with Gasteiger partial charge in [0.25, 0.3) is 5.56 Å². The van der Waals surface area contributed by atoms with Gasteiger partial charge in [0.05, 0.1) is 12.8 Å². The summed E-state index contributed by atoms with van der Waals surface area (Å²) in [5.74, 6) is 0.731. The van der Waals surface area contributed by atoms with Crippen molar-refractivity contribution in [3.8, 4) is 17.0 Å². The number of benzene rings is 1. The van der Waals surface area contributed by atoms with Crippen LogP contribution in [0.25, 0.3) is 11.3 Å². The minimum absolute atomic E-state index is 0.126. The molecule has 0 spiro atoms. The van der Waals surface area contributed by atoms with Crippen LogP contribution in [0, 0.1) is 6.92 Å². The number of nitrogens with one attached hydrogen (secondary N) is 2. The van der Waals surface area contributed by atoms with E-state index in [0.29, 0.717) is 18.5 Å². The molecule has 2 rings (SSSR count). The van der Waals surface area contributed by atoms with Crippen molar-refractivity contribution in [2.75, 3.05) is 13.7 Å². The fourth-order valence-electron chi connectivity index (χ4n) is 2.01. The highest BCUT2D eigenvalue weighted by molar-refractivity contribution is 5.70. The molecule has 0 saturated carbocycles. The van der Waals surface area contributed by atoms with Crippen LogP contribution in [-0.2, 0) is 6.42 Å². The lowest BCUT2D eigenvalue weighted by atomic mass is 10.0. The van der Waals surface area contributed by atoms with Crippen LogP contribution in [0.5, 0.6) is 5.75 Å². The number of aryl methyl sites for hydroxylation is 1. The second kappa shape index (κ2) is 5.10. The molecule has 0 atom stereocenters. The van der Waals surface area contributed by atoms with E-state index < -0.39 is 0 Å². The van der Waals surface area contributed by atoms with Gasteiger partial charge in [-0.2, -0.15) is 0 Å². The largest absolute Gasteiger partial charge is 0.496 e. The Morgan fingerprint density at radius 1 is 1.33 bits per heavy atom. The fraction of sp³-hybridized carbons (Fsp3) is 0.308. The Kier molecular flexibility index (Phi) is 3.53. The summed E-state index contributed by atoms with van der Waals surface area (Å²) in [5.41, 5.74) is 8.81. The number of hydrogen-bond acceptors (Lipinski definition) is 3. The predicted molar refractivity (Wildman–Crippen MR) is 70.9 cm³/mol. The zero-order chi connectivity index (χ0) is 13.1. The molecule has 0 fully saturated rings. The van der Waals surface area contributed by atoms with E-state index in [9.17, 15) is 4.79 Å². The summed E-state index contributed by atoms with van der Waals surface area (Å²) >= 11 is 0. The SMILES string of the molecule is COc1ccc(C)cc1-c1[nH][nH]c(=O)c1CCN. The second-order valence-electron chi connectivity index (χ2n) is 4.18. The molecule has 0 amide bonds. The molecular formula is C13H17N3O2. The molecule has 0 aliphatic carbocycles. The summed E-state index contributed by atoms with van der Waals surface area (Å²) in [4.78, 5) is 11.7. The third-order valence-electron chi connectivity index (χ3n) is 2.90. The molecule has 4 N–H and O–H groups in total. The predicted octanol–water partition coefficient (Wildman–Crippen LogP) is 1.19. The first-order chi connectivity index (χ1) is 8.67. The molecule has 0 bridgehead atoms. The van der Waals surface area contributed by atoms with Gasteiger partial charge >= 0.3 is 0 Å². The Labute approximate surface area is 105 Å². The molecular weight excluding hydrogens is 230 g/mol. The molecule has 0 radical (unpaired) electrons. The third kappa shape index (κ3) is 2.17. The number of methoxy groups -OCH3 is 1. The van der Waals surface area contributed by atoms with Gasteiger partial charge in [-0.1, -0.05) is 11.6 Å². The molecule has 1 aromatic carbocycles. The minimum atomic E-state index is -0.126. The summed E-state index contributed by atoms with van der Waals surface area (Å²) in [6.45, 7) is 2.43. The van der Waals surface area contributed by atoms with E-state index in [-0.39, 0.29) is 5.56 Å². The lowest BCUT2D eigenvalue weighted by Crippen LogP contribution is -2.12.